The molecule has 0 aliphatic carbocycles. The molecular weight excluding hydrogens is 370 g/mol. The topological polar surface area (TPSA) is 72.3 Å². The molecule has 142 valence electrons. The molecule has 0 radical (unpaired) electrons. The maximum Gasteiger partial charge on any atom is 0.233 e. The smallest absolute Gasteiger partial charge is 0.233 e. The second kappa shape index (κ2) is 8.00. The second-order valence-corrected chi connectivity index (χ2v) is 9.90. The summed E-state index contributed by atoms with van der Waals surface area (Å²) in [6.07, 6.45) is 2.41. The highest BCUT2D eigenvalue weighted by Crippen LogP contribution is 2.24. The van der Waals surface area contributed by atoms with Crippen LogP contribution < -0.4 is 0 Å². The van der Waals surface area contributed by atoms with E-state index in [1.54, 1.807) is 4.90 Å². The van der Waals surface area contributed by atoms with Crippen LogP contribution in [0, 0.1) is 0 Å². The van der Waals surface area contributed by atoms with Crippen LogP contribution in [0.2, 0.25) is 0 Å². The number of hydrogen-bond donors (Lipinski definition) is 0. The Bertz CT molecular complexity index is 892. The lowest BCUT2D eigenvalue weighted by molar-refractivity contribution is -0.130. The Hall–Kier alpha value is -1.54. The molecule has 1 fully saturated rings. The van der Waals surface area contributed by atoms with E-state index in [-0.39, 0.29) is 29.2 Å². The number of benzene rings is 1. The lowest BCUT2D eigenvalue weighted by atomic mass is 10.2. The molecule has 26 heavy (non-hydrogen) atoms. The third-order valence-electron chi connectivity index (χ3n) is 4.79. The minimum absolute atomic E-state index is 0.00222. The summed E-state index contributed by atoms with van der Waals surface area (Å²) in [5.74, 6) is 0.556. The maximum absolute atomic E-state index is 12.8. The zero-order valence-corrected chi connectivity index (χ0v) is 16.9. The molecule has 2 aromatic rings. The van der Waals surface area contributed by atoms with E-state index in [4.69, 9.17) is 0 Å². The number of rotatable bonds is 7. The predicted molar refractivity (Wildman–Crippen MR) is 105 cm³/mol. The first-order chi connectivity index (χ1) is 12.4. The number of aromatic nitrogens is 2. The summed E-state index contributed by atoms with van der Waals surface area (Å²) >= 11 is 1.41. The average Bonchev–Trinajstić information content (AvgIpc) is 3.13. The minimum atomic E-state index is -3.01. The Morgan fingerprint density at radius 3 is 2.81 bits per heavy atom. The van der Waals surface area contributed by atoms with Crippen LogP contribution in [-0.2, 0) is 21.7 Å². The van der Waals surface area contributed by atoms with Gasteiger partial charge in [-0.05, 0) is 25.0 Å². The molecule has 1 aromatic carbocycles. The number of para-hydroxylation sites is 2. The van der Waals surface area contributed by atoms with E-state index in [2.05, 4.69) is 11.9 Å². The summed E-state index contributed by atoms with van der Waals surface area (Å²) in [5.41, 5.74) is 1.95. The molecule has 1 amide bonds. The van der Waals surface area contributed by atoms with Crippen molar-refractivity contribution < 1.29 is 13.2 Å². The molecule has 8 heteroatoms. The number of carbonyl (C=O) groups excluding carboxylic acids is 1. The highest BCUT2D eigenvalue weighted by Gasteiger charge is 2.34. The van der Waals surface area contributed by atoms with E-state index >= 15 is 0 Å². The minimum Gasteiger partial charge on any atom is -0.338 e. The Labute approximate surface area is 158 Å². The first-order valence-electron chi connectivity index (χ1n) is 8.95. The molecule has 0 saturated carbocycles. The SMILES string of the molecule is CCCCN(C(=O)CSc1nc2ccccc2n1C)C1CCS(=O)(=O)C1. The number of thioether (sulfide) groups is 1. The van der Waals surface area contributed by atoms with Crippen LogP contribution in [0.1, 0.15) is 26.2 Å². The van der Waals surface area contributed by atoms with Crippen LogP contribution in [0.4, 0.5) is 0 Å². The van der Waals surface area contributed by atoms with Crippen molar-refractivity contribution in [1.29, 1.82) is 0 Å². The summed E-state index contributed by atoms with van der Waals surface area (Å²) in [4.78, 5) is 19.2. The number of amides is 1. The Balaban J connectivity index is 1.69. The third-order valence-corrected chi connectivity index (χ3v) is 7.56. The fourth-order valence-corrected chi connectivity index (χ4v) is 5.93. The number of nitrogens with zero attached hydrogens (tertiary/aromatic N) is 3. The lowest BCUT2D eigenvalue weighted by Crippen LogP contribution is -2.42. The van der Waals surface area contributed by atoms with Crippen LogP contribution >= 0.6 is 11.8 Å². The fraction of sp³-hybridized carbons (Fsp3) is 0.556. The van der Waals surface area contributed by atoms with Gasteiger partial charge in [0.25, 0.3) is 0 Å². The highest BCUT2D eigenvalue weighted by atomic mass is 32.2. The molecule has 1 aliphatic heterocycles. The van der Waals surface area contributed by atoms with Crippen LogP contribution in [0.3, 0.4) is 0 Å². The van der Waals surface area contributed by atoms with Gasteiger partial charge >= 0.3 is 0 Å². The van der Waals surface area contributed by atoms with Crippen molar-refractivity contribution in [1.82, 2.24) is 14.5 Å². The average molecular weight is 396 g/mol. The number of unbranched alkanes of at least 4 members (excludes halogenated alkanes) is 1. The van der Waals surface area contributed by atoms with Gasteiger partial charge in [0.15, 0.2) is 15.0 Å². The number of aryl methyl sites for hydroxylation is 1. The molecule has 1 aromatic heterocycles. The summed E-state index contributed by atoms with van der Waals surface area (Å²) in [6.45, 7) is 2.70. The summed E-state index contributed by atoms with van der Waals surface area (Å²) in [7, 11) is -1.06. The van der Waals surface area contributed by atoms with Gasteiger partial charge in [-0.3, -0.25) is 4.79 Å². The van der Waals surface area contributed by atoms with Gasteiger partial charge in [-0.1, -0.05) is 37.2 Å². The van der Waals surface area contributed by atoms with Gasteiger partial charge in [0.2, 0.25) is 5.91 Å². The van der Waals surface area contributed by atoms with Crippen LogP contribution in [-0.4, -0.2) is 58.6 Å². The fourth-order valence-electron chi connectivity index (χ4n) is 3.32. The normalized spacial score (nSPS) is 19.1. The Morgan fingerprint density at radius 2 is 2.15 bits per heavy atom. The summed E-state index contributed by atoms with van der Waals surface area (Å²) in [5, 5.41) is 0.800. The van der Waals surface area contributed by atoms with Crippen molar-refractivity contribution in [3.63, 3.8) is 0 Å². The Kier molecular flexibility index (Phi) is 5.92. The van der Waals surface area contributed by atoms with E-state index < -0.39 is 9.84 Å². The number of hydrogen-bond acceptors (Lipinski definition) is 5. The van der Waals surface area contributed by atoms with Gasteiger partial charge in [0, 0.05) is 19.6 Å². The zero-order valence-electron chi connectivity index (χ0n) is 15.2. The van der Waals surface area contributed by atoms with E-state index in [0.717, 1.165) is 29.0 Å². The van der Waals surface area contributed by atoms with Crippen molar-refractivity contribution in [2.45, 2.75) is 37.4 Å². The van der Waals surface area contributed by atoms with Gasteiger partial charge in [-0.2, -0.15) is 0 Å². The Morgan fingerprint density at radius 1 is 1.38 bits per heavy atom. The molecular formula is C18H25N3O3S2. The van der Waals surface area contributed by atoms with E-state index in [1.165, 1.54) is 11.8 Å². The van der Waals surface area contributed by atoms with Gasteiger partial charge in [0.1, 0.15) is 0 Å². The quantitative estimate of drug-likeness (QED) is 0.674. The molecule has 1 atom stereocenters. The van der Waals surface area contributed by atoms with Crippen molar-refractivity contribution in [3.8, 4) is 0 Å². The number of sulfone groups is 1. The molecule has 0 spiro atoms. The van der Waals surface area contributed by atoms with Crippen LogP contribution in [0.25, 0.3) is 11.0 Å². The first kappa shape index (κ1) is 19.2. The molecule has 1 saturated heterocycles. The molecule has 6 nitrogen and oxygen atoms in total. The van der Waals surface area contributed by atoms with Gasteiger partial charge < -0.3 is 9.47 Å². The van der Waals surface area contributed by atoms with Gasteiger partial charge in [-0.15, -0.1) is 0 Å². The summed E-state index contributed by atoms with van der Waals surface area (Å²) in [6, 6.07) is 7.70. The number of imidazole rings is 1. The second-order valence-electron chi connectivity index (χ2n) is 6.73. The van der Waals surface area contributed by atoms with Gasteiger partial charge in [-0.25, -0.2) is 13.4 Å². The molecule has 0 N–H and O–H groups in total. The van der Waals surface area contributed by atoms with Crippen molar-refractivity contribution >= 4 is 38.5 Å². The van der Waals surface area contributed by atoms with E-state index in [0.29, 0.717) is 13.0 Å². The largest absolute Gasteiger partial charge is 0.338 e. The molecule has 0 bridgehead atoms. The zero-order chi connectivity index (χ0) is 18.7. The number of fused-ring (bicyclic) bond motifs is 1. The van der Waals surface area contributed by atoms with Crippen LogP contribution in [0.5, 0.6) is 0 Å². The molecule has 1 unspecified atom stereocenters. The molecule has 1 aliphatic rings. The van der Waals surface area contributed by atoms with E-state index in [9.17, 15) is 13.2 Å². The van der Waals surface area contributed by atoms with Gasteiger partial charge in [0.05, 0.1) is 28.3 Å². The lowest BCUT2D eigenvalue weighted by Gasteiger charge is -2.28. The van der Waals surface area contributed by atoms with Crippen molar-refractivity contribution in [2.75, 3.05) is 23.8 Å². The molecule has 3 rings (SSSR count). The highest BCUT2D eigenvalue weighted by molar-refractivity contribution is 7.99. The number of carbonyl (C=O) groups is 1. The first-order valence-corrected chi connectivity index (χ1v) is 11.8. The standard InChI is InChI=1S/C18H25N3O3S2/c1-3-4-10-21(14-9-11-26(23,24)13-14)17(22)12-25-18-19-15-7-5-6-8-16(15)20(18)2/h5-8,14H,3-4,9-13H2,1-2H3. The summed E-state index contributed by atoms with van der Waals surface area (Å²) < 4.78 is 25.6. The maximum atomic E-state index is 12.8. The van der Waals surface area contributed by atoms with Crippen molar-refractivity contribution in [2.24, 2.45) is 7.05 Å². The monoisotopic (exact) mass is 395 g/mol. The van der Waals surface area contributed by atoms with Crippen molar-refractivity contribution in [3.05, 3.63) is 24.3 Å². The molecule has 2 heterocycles. The third kappa shape index (κ3) is 4.23. The van der Waals surface area contributed by atoms with E-state index in [1.807, 2.05) is 35.9 Å². The van der Waals surface area contributed by atoms with Crippen LogP contribution in [0.15, 0.2) is 29.4 Å². The predicted octanol–water partition coefficient (Wildman–Crippen LogP) is 2.48.